The molecule has 17 heavy (non-hydrogen) atoms. The Morgan fingerprint density at radius 3 is 2.12 bits per heavy atom. The molecule has 1 aromatic rings. The molecule has 0 radical (unpaired) electrons. The quantitative estimate of drug-likeness (QED) is 0.814. The Labute approximate surface area is 112 Å². The van der Waals surface area contributed by atoms with Crippen molar-refractivity contribution in [2.75, 3.05) is 0 Å². The smallest absolute Gasteiger partial charge is 0.246 e. The molecule has 0 amide bonds. The van der Waals surface area contributed by atoms with Gasteiger partial charge in [-0.2, -0.15) is 0 Å². The molecule has 0 heterocycles. The molecule has 0 saturated carbocycles. The summed E-state index contributed by atoms with van der Waals surface area (Å²) in [5.41, 5.74) is -0.811. The lowest BCUT2D eigenvalue weighted by Gasteiger charge is -2.20. The van der Waals surface area contributed by atoms with Gasteiger partial charge in [0.25, 0.3) is 0 Å². The zero-order valence-corrected chi connectivity index (χ0v) is 13.1. The van der Waals surface area contributed by atoms with Crippen molar-refractivity contribution in [3.63, 3.8) is 0 Å². The van der Waals surface area contributed by atoms with E-state index in [2.05, 4.69) is 33.8 Å². The Balaban J connectivity index is 3.30. The Morgan fingerprint density at radius 2 is 1.71 bits per heavy atom. The number of hydrogen-bond acceptors (Lipinski definition) is 2. The summed E-state index contributed by atoms with van der Waals surface area (Å²) in [4.78, 5) is 19.8. The molecular weight excluding hydrogens is 271 g/mol. The first-order valence-corrected chi connectivity index (χ1v) is 9.73. The summed E-state index contributed by atoms with van der Waals surface area (Å²) in [6.07, 6.45) is 0. The molecule has 0 unspecified atom stereocenters. The van der Waals surface area contributed by atoms with Crippen molar-refractivity contribution in [3.8, 4) is 0 Å². The highest BCUT2D eigenvalue weighted by atomic mass is 32.9. The third-order valence-corrected chi connectivity index (χ3v) is 5.28. The molecule has 0 fully saturated rings. The van der Waals surface area contributed by atoms with E-state index in [1.165, 1.54) is 11.1 Å². The van der Waals surface area contributed by atoms with Gasteiger partial charge in [0.05, 0.1) is 0 Å². The van der Waals surface area contributed by atoms with Gasteiger partial charge in [-0.3, -0.25) is 0 Å². The van der Waals surface area contributed by atoms with Crippen LogP contribution < -0.4 is 0 Å². The minimum atomic E-state index is -3.25. The lowest BCUT2D eigenvalue weighted by atomic mass is 9.91. The van der Waals surface area contributed by atoms with Gasteiger partial charge in [-0.05, 0) is 52.2 Å². The topological polar surface area (TPSA) is 40.5 Å². The van der Waals surface area contributed by atoms with Crippen LogP contribution in [0.25, 0.3) is 0 Å². The van der Waals surface area contributed by atoms with E-state index >= 15 is 0 Å². The highest BCUT2D eigenvalue weighted by Gasteiger charge is 2.19. The van der Waals surface area contributed by atoms with E-state index in [0.29, 0.717) is 11.8 Å². The molecule has 0 saturated heterocycles. The van der Waals surface area contributed by atoms with E-state index in [0.717, 1.165) is 16.3 Å². The molecule has 1 rings (SSSR count). The van der Waals surface area contributed by atoms with Crippen LogP contribution in [0.3, 0.4) is 0 Å². The Morgan fingerprint density at radius 1 is 1.12 bits per heavy atom. The van der Waals surface area contributed by atoms with Gasteiger partial charge in [0.2, 0.25) is 5.69 Å². The highest BCUT2D eigenvalue weighted by molar-refractivity contribution is 8.67. The Hall–Kier alpha value is 0.140. The second-order valence-corrected chi connectivity index (χ2v) is 10.6. The molecule has 0 aliphatic carbocycles. The van der Waals surface area contributed by atoms with Crippen LogP contribution in [-0.2, 0) is 11.8 Å². The predicted molar refractivity (Wildman–Crippen MR) is 79.2 cm³/mol. The first-order chi connectivity index (χ1) is 7.72. The van der Waals surface area contributed by atoms with Gasteiger partial charge in [-0.25, -0.2) is 0 Å². The molecule has 2 N–H and O–H groups in total. The average molecular weight is 290 g/mol. The third-order valence-electron chi connectivity index (χ3n) is 2.52. The number of benzene rings is 1. The molecule has 0 spiro atoms. The molecule has 0 atom stereocenters. The third kappa shape index (κ3) is 4.38. The molecule has 0 bridgehead atoms. The van der Waals surface area contributed by atoms with Crippen molar-refractivity contribution in [3.05, 3.63) is 29.3 Å². The van der Waals surface area contributed by atoms with E-state index in [9.17, 15) is 9.79 Å². The summed E-state index contributed by atoms with van der Waals surface area (Å²) in [6, 6.07) is 5.97. The summed E-state index contributed by atoms with van der Waals surface area (Å²) >= 11 is 5.73. The van der Waals surface area contributed by atoms with E-state index in [1.54, 1.807) is 0 Å². The van der Waals surface area contributed by atoms with Crippen LogP contribution in [0.5, 0.6) is 0 Å². The van der Waals surface area contributed by atoms with Crippen LogP contribution in [0.1, 0.15) is 50.7 Å². The Bertz CT molecular complexity index is 438. The fraction of sp³-hybridized carbons (Fsp3) is 0.500. The maximum absolute atomic E-state index is 9.45. The normalized spacial score (nSPS) is 12.5. The van der Waals surface area contributed by atoms with Crippen molar-refractivity contribution < 1.29 is 9.79 Å². The van der Waals surface area contributed by atoms with Crippen molar-refractivity contribution in [2.45, 2.75) is 44.4 Å². The van der Waals surface area contributed by atoms with Gasteiger partial charge in [0, 0.05) is 4.90 Å². The molecule has 1 aromatic carbocycles. The van der Waals surface area contributed by atoms with E-state index in [1.807, 2.05) is 12.1 Å². The van der Waals surface area contributed by atoms with Crippen molar-refractivity contribution in [1.82, 2.24) is 0 Å². The number of hydrogen-bond donors (Lipinski definition) is 2. The lowest BCUT2D eigenvalue weighted by molar-refractivity contribution is 0.502. The van der Waals surface area contributed by atoms with Crippen molar-refractivity contribution in [2.24, 2.45) is 0 Å². The summed E-state index contributed by atoms with van der Waals surface area (Å²) in [5, 5.41) is 0. The van der Waals surface area contributed by atoms with Crippen LogP contribution in [0.4, 0.5) is 0 Å². The van der Waals surface area contributed by atoms with Gasteiger partial charge < -0.3 is 9.79 Å². The standard InChI is InChI=1S/C12H19O2PS2/c1-8(2)10-6-5-7-11(12(10)9(3)4)17-15(13,14)16/h5-9H,1-4H3,(H2,13,14,16). The van der Waals surface area contributed by atoms with Crippen molar-refractivity contribution >= 4 is 28.9 Å². The molecular formula is C12H19O2PS2. The molecule has 0 aliphatic heterocycles. The van der Waals surface area contributed by atoms with Gasteiger partial charge in [0.15, 0.2) is 0 Å². The van der Waals surface area contributed by atoms with Gasteiger partial charge in [-0.1, -0.05) is 39.8 Å². The zero-order valence-electron chi connectivity index (χ0n) is 10.5. The largest absolute Gasteiger partial charge is 0.337 e. The number of rotatable bonds is 4. The molecule has 0 aromatic heterocycles. The van der Waals surface area contributed by atoms with E-state index in [-0.39, 0.29) is 0 Å². The zero-order chi connectivity index (χ0) is 13.2. The maximum Gasteiger partial charge on any atom is 0.246 e. The van der Waals surface area contributed by atoms with Gasteiger partial charge in [-0.15, -0.1) is 0 Å². The molecule has 5 heteroatoms. The summed E-state index contributed by atoms with van der Waals surface area (Å²) in [6.45, 7) is 8.51. The Kier molecular flexibility index (Phi) is 5.23. The van der Waals surface area contributed by atoms with E-state index in [4.69, 9.17) is 11.8 Å². The van der Waals surface area contributed by atoms with Crippen LogP contribution in [0.15, 0.2) is 23.1 Å². The summed E-state index contributed by atoms with van der Waals surface area (Å²) in [7, 11) is 0. The second kappa shape index (κ2) is 5.85. The predicted octanol–water partition coefficient (Wildman–Crippen LogP) is 4.23. The van der Waals surface area contributed by atoms with Crippen LogP contribution >= 0.6 is 17.1 Å². The summed E-state index contributed by atoms with van der Waals surface area (Å²) in [5.74, 6) is 0.765. The van der Waals surface area contributed by atoms with E-state index < -0.39 is 5.69 Å². The van der Waals surface area contributed by atoms with Gasteiger partial charge >= 0.3 is 0 Å². The SMILES string of the molecule is CC(C)c1cccc(SP(O)(O)=S)c1C(C)C. The highest BCUT2D eigenvalue weighted by Crippen LogP contribution is 2.56. The molecule has 0 aliphatic rings. The molecule has 2 nitrogen and oxygen atoms in total. The summed E-state index contributed by atoms with van der Waals surface area (Å²) < 4.78 is 0. The first-order valence-electron chi connectivity index (χ1n) is 5.60. The van der Waals surface area contributed by atoms with Crippen molar-refractivity contribution in [1.29, 1.82) is 0 Å². The van der Waals surface area contributed by atoms with Crippen LogP contribution in [-0.4, -0.2) is 9.79 Å². The minimum absolute atomic E-state index is 0.345. The fourth-order valence-electron chi connectivity index (χ4n) is 1.89. The second-order valence-electron chi connectivity index (χ2n) is 4.65. The maximum atomic E-state index is 9.45. The van der Waals surface area contributed by atoms with Crippen LogP contribution in [0, 0.1) is 0 Å². The average Bonchev–Trinajstić information content (AvgIpc) is 2.14. The van der Waals surface area contributed by atoms with Crippen LogP contribution in [0.2, 0.25) is 0 Å². The van der Waals surface area contributed by atoms with Gasteiger partial charge in [0.1, 0.15) is 0 Å². The first kappa shape index (κ1) is 15.2. The monoisotopic (exact) mass is 290 g/mol. The minimum Gasteiger partial charge on any atom is -0.337 e. The lowest BCUT2D eigenvalue weighted by Crippen LogP contribution is -2.00. The fourth-order valence-corrected chi connectivity index (χ4v) is 4.71. The molecule has 96 valence electrons.